The van der Waals surface area contributed by atoms with E-state index in [1.54, 1.807) is 23.4 Å². The molecule has 3 heterocycles. The maximum absolute atomic E-state index is 13.3. The van der Waals surface area contributed by atoms with Crippen LogP contribution in [-0.4, -0.2) is 39.4 Å². The lowest BCUT2D eigenvalue weighted by molar-refractivity contribution is -0.127. The predicted molar refractivity (Wildman–Crippen MR) is 130 cm³/mol. The van der Waals surface area contributed by atoms with Crippen LogP contribution in [0.4, 0.5) is 4.39 Å². The van der Waals surface area contributed by atoms with Crippen LogP contribution in [0.1, 0.15) is 64.3 Å². The van der Waals surface area contributed by atoms with Crippen LogP contribution in [0, 0.1) is 11.7 Å². The second kappa shape index (κ2) is 9.50. The number of likely N-dealkylation sites (tertiary alicyclic amines) is 1. The number of piperidine rings is 1. The van der Waals surface area contributed by atoms with Crippen molar-refractivity contribution in [3.8, 4) is 0 Å². The summed E-state index contributed by atoms with van der Waals surface area (Å²) in [6.45, 7) is 1.85. The molecular weight excluding hydrogens is 459 g/mol. The number of rotatable bonds is 4. The van der Waals surface area contributed by atoms with Gasteiger partial charge >= 0.3 is 0 Å². The van der Waals surface area contributed by atoms with Gasteiger partial charge in [0.1, 0.15) is 11.9 Å². The minimum absolute atomic E-state index is 0.0856. The van der Waals surface area contributed by atoms with Crippen molar-refractivity contribution >= 4 is 11.8 Å². The lowest BCUT2D eigenvalue weighted by Crippen LogP contribution is -2.44. The summed E-state index contributed by atoms with van der Waals surface area (Å²) < 4.78 is 21.2. The van der Waals surface area contributed by atoms with Gasteiger partial charge in [0.25, 0.3) is 5.91 Å². The van der Waals surface area contributed by atoms with Gasteiger partial charge in [-0.2, -0.15) is 0 Å². The van der Waals surface area contributed by atoms with Crippen molar-refractivity contribution in [2.24, 2.45) is 5.92 Å². The Morgan fingerprint density at radius 1 is 1.03 bits per heavy atom. The molecule has 2 amide bonds. The van der Waals surface area contributed by atoms with E-state index in [1.165, 1.54) is 23.3 Å². The van der Waals surface area contributed by atoms with Gasteiger partial charge in [0.15, 0.2) is 5.69 Å². The van der Waals surface area contributed by atoms with E-state index in [2.05, 4.69) is 22.4 Å². The van der Waals surface area contributed by atoms with Crippen LogP contribution in [0.15, 0.2) is 54.9 Å². The molecule has 1 aliphatic carbocycles. The molecule has 0 saturated carbocycles. The van der Waals surface area contributed by atoms with Crippen LogP contribution >= 0.6 is 0 Å². The van der Waals surface area contributed by atoms with Crippen LogP contribution in [0.3, 0.4) is 0 Å². The molecule has 0 radical (unpaired) electrons. The number of ether oxygens (including phenoxy) is 1. The van der Waals surface area contributed by atoms with Crippen LogP contribution in [0.5, 0.6) is 0 Å². The first kappa shape index (κ1) is 22.9. The van der Waals surface area contributed by atoms with Gasteiger partial charge in [0, 0.05) is 19.0 Å². The molecule has 2 atom stereocenters. The summed E-state index contributed by atoms with van der Waals surface area (Å²) in [7, 11) is 0. The molecule has 7 nitrogen and oxygen atoms in total. The van der Waals surface area contributed by atoms with E-state index >= 15 is 0 Å². The number of imidazole rings is 1. The summed E-state index contributed by atoms with van der Waals surface area (Å²) >= 11 is 0. The smallest absolute Gasteiger partial charge is 0.274 e. The second-order valence-corrected chi connectivity index (χ2v) is 9.91. The lowest BCUT2D eigenvalue weighted by Gasteiger charge is -2.32. The standard InChI is InChI=1S/C28H29FN4O3/c29-21-8-5-19(6-9-21)25-15-33-17-30-26(24(33)16-36-25)28(35)32-13-11-20(12-14-32)27(34)31-23-10-7-18-3-1-2-4-22(18)23/h1-6,8-9,17,20,23,25H,7,10-16H2,(H,31,34)/t23-,25+/m0/s1. The fraction of sp³-hybridized carbons (Fsp3) is 0.393. The maximum atomic E-state index is 13.3. The number of aromatic nitrogens is 2. The minimum atomic E-state index is -0.282. The third kappa shape index (κ3) is 4.30. The number of amides is 2. The minimum Gasteiger partial charge on any atom is -0.365 e. The van der Waals surface area contributed by atoms with Gasteiger partial charge < -0.3 is 19.5 Å². The molecule has 2 aromatic carbocycles. The van der Waals surface area contributed by atoms with Gasteiger partial charge in [0.2, 0.25) is 5.91 Å². The summed E-state index contributed by atoms with van der Waals surface area (Å²) in [6, 6.07) is 14.7. The molecule has 2 aliphatic heterocycles. The first-order valence-electron chi connectivity index (χ1n) is 12.7. The normalized spacial score (nSPS) is 21.6. The van der Waals surface area contributed by atoms with Crippen LogP contribution in [0.25, 0.3) is 0 Å². The Hall–Kier alpha value is -3.52. The van der Waals surface area contributed by atoms with E-state index < -0.39 is 0 Å². The Balaban J connectivity index is 1.05. The van der Waals surface area contributed by atoms with Crippen molar-refractivity contribution in [3.05, 3.63) is 88.8 Å². The fourth-order valence-corrected chi connectivity index (χ4v) is 5.68. The van der Waals surface area contributed by atoms with Gasteiger partial charge in [-0.3, -0.25) is 9.59 Å². The average molecular weight is 489 g/mol. The van der Waals surface area contributed by atoms with Gasteiger partial charge in [-0.25, -0.2) is 9.37 Å². The summed E-state index contributed by atoms with van der Waals surface area (Å²) in [5, 5.41) is 3.24. The average Bonchev–Trinajstić information content (AvgIpc) is 3.53. The summed E-state index contributed by atoms with van der Waals surface area (Å²) in [5.74, 6) is -0.395. The van der Waals surface area contributed by atoms with Crippen molar-refractivity contribution in [3.63, 3.8) is 0 Å². The number of carbonyl (C=O) groups excluding carboxylic acids is 2. The van der Waals surface area contributed by atoms with Crippen molar-refractivity contribution in [1.29, 1.82) is 0 Å². The number of nitrogens with zero attached hydrogens (tertiary/aromatic N) is 3. The first-order valence-corrected chi connectivity index (χ1v) is 12.7. The first-order chi connectivity index (χ1) is 17.6. The van der Waals surface area contributed by atoms with E-state index in [0.717, 1.165) is 24.1 Å². The molecule has 1 fully saturated rings. The van der Waals surface area contributed by atoms with Gasteiger partial charge in [-0.1, -0.05) is 36.4 Å². The second-order valence-electron chi connectivity index (χ2n) is 9.91. The number of hydrogen-bond donors (Lipinski definition) is 1. The molecule has 36 heavy (non-hydrogen) atoms. The molecule has 0 bridgehead atoms. The fourth-order valence-electron chi connectivity index (χ4n) is 5.68. The van der Waals surface area contributed by atoms with E-state index in [1.807, 2.05) is 16.7 Å². The van der Waals surface area contributed by atoms with E-state index in [4.69, 9.17) is 4.74 Å². The van der Waals surface area contributed by atoms with Crippen molar-refractivity contribution in [2.75, 3.05) is 13.1 Å². The Morgan fingerprint density at radius 3 is 2.61 bits per heavy atom. The Bertz CT molecular complexity index is 1280. The molecule has 3 aromatic rings. The van der Waals surface area contributed by atoms with Crippen molar-refractivity contribution < 1.29 is 18.7 Å². The maximum Gasteiger partial charge on any atom is 0.274 e. The highest BCUT2D eigenvalue weighted by Gasteiger charge is 2.33. The zero-order valence-corrected chi connectivity index (χ0v) is 20.0. The largest absolute Gasteiger partial charge is 0.365 e. The Kier molecular flexibility index (Phi) is 6.05. The van der Waals surface area contributed by atoms with Crippen LogP contribution in [0.2, 0.25) is 0 Å². The third-order valence-corrected chi connectivity index (χ3v) is 7.78. The Labute approximate surface area is 209 Å². The zero-order chi connectivity index (χ0) is 24.6. The monoisotopic (exact) mass is 488 g/mol. The highest BCUT2D eigenvalue weighted by molar-refractivity contribution is 5.93. The SMILES string of the molecule is O=C(N[C@H]1CCc2ccccc21)C1CCN(C(=O)c2ncn3c2CO[C@@H](c2ccc(F)cc2)C3)CC1. The van der Waals surface area contributed by atoms with Crippen molar-refractivity contribution in [2.45, 2.75) is 51.0 Å². The molecule has 8 heteroatoms. The molecule has 0 unspecified atom stereocenters. The molecule has 3 aliphatic rings. The molecule has 186 valence electrons. The molecular formula is C28H29FN4O3. The highest BCUT2D eigenvalue weighted by Crippen LogP contribution is 2.32. The third-order valence-electron chi connectivity index (χ3n) is 7.78. The molecule has 1 N–H and O–H groups in total. The molecule has 0 spiro atoms. The number of nitrogens with one attached hydrogen (secondary N) is 1. The topological polar surface area (TPSA) is 76.5 Å². The summed E-state index contributed by atoms with van der Waals surface area (Å²) in [5.41, 5.74) is 4.62. The number of benzene rings is 2. The van der Waals surface area contributed by atoms with Crippen LogP contribution in [-0.2, 0) is 29.1 Å². The quantitative estimate of drug-likeness (QED) is 0.604. The zero-order valence-electron chi connectivity index (χ0n) is 20.0. The number of carbonyl (C=O) groups is 2. The highest BCUT2D eigenvalue weighted by atomic mass is 19.1. The summed E-state index contributed by atoms with van der Waals surface area (Å²) in [6.07, 6.45) is 4.70. The van der Waals surface area contributed by atoms with E-state index in [9.17, 15) is 14.0 Å². The molecule has 1 saturated heterocycles. The van der Waals surface area contributed by atoms with Gasteiger partial charge in [-0.05, 0) is 54.5 Å². The number of hydrogen-bond acceptors (Lipinski definition) is 4. The number of aryl methyl sites for hydroxylation is 1. The van der Waals surface area contributed by atoms with Crippen LogP contribution < -0.4 is 5.32 Å². The molecule has 1 aromatic heterocycles. The summed E-state index contributed by atoms with van der Waals surface area (Å²) in [4.78, 5) is 32.4. The molecule has 6 rings (SSSR count). The van der Waals surface area contributed by atoms with Gasteiger partial charge in [-0.15, -0.1) is 0 Å². The number of halogens is 1. The van der Waals surface area contributed by atoms with E-state index in [0.29, 0.717) is 38.2 Å². The Morgan fingerprint density at radius 2 is 1.81 bits per heavy atom. The van der Waals surface area contributed by atoms with E-state index in [-0.39, 0.29) is 42.3 Å². The lowest BCUT2D eigenvalue weighted by atomic mass is 9.95. The number of fused-ring (bicyclic) bond motifs is 2. The predicted octanol–water partition coefficient (Wildman–Crippen LogP) is 3.95. The van der Waals surface area contributed by atoms with Gasteiger partial charge in [0.05, 0.1) is 31.2 Å². The van der Waals surface area contributed by atoms with Crippen molar-refractivity contribution in [1.82, 2.24) is 19.8 Å².